The average molecular weight is 504 g/mol. The van der Waals surface area contributed by atoms with Crippen LogP contribution >= 0.6 is 23.2 Å². The van der Waals surface area contributed by atoms with E-state index in [2.05, 4.69) is 31.0 Å². The molecule has 34 heavy (non-hydrogen) atoms. The van der Waals surface area contributed by atoms with Gasteiger partial charge in [-0.2, -0.15) is 0 Å². The zero-order valence-electron chi connectivity index (χ0n) is 19.2. The molecule has 0 aliphatic carbocycles. The Kier molecular flexibility index (Phi) is 6.21. The molecule has 178 valence electrons. The van der Waals surface area contributed by atoms with Crippen LogP contribution in [0.3, 0.4) is 0 Å². The van der Waals surface area contributed by atoms with Crippen molar-refractivity contribution >= 4 is 58.5 Å². The zero-order chi connectivity index (χ0) is 24.9. The maximum atomic E-state index is 15.3. The van der Waals surface area contributed by atoms with E-state index in [4.69, 9.17) is 23.2 Å². The van der Waals surface area contributed by atoms with Gasteiger partial charge in [-0.15, -0.1) is 0 Å². The van der Waals surface area contributed by atoms with E-state index in [1.807, 2.05) is 6.92 Å². The molecule has 2 aliphatic rings. The number of hydrogen-bond donors (Lipinski definition) is 1. The van der Waals surface area contributed by atoms with Crippen LogP contribution in [-0.4, -0.2) is 29.9 Å². The van der Waals surface area contributed by atoms with Gasteiger partial charge < -0.3 is 4.90 Å². The normalized spacial score (nSPS) is 21.1. The van der Waals surface area contributed by atoms with Crippen LogP contribution in [0.5, 0.6) is 0 Å². The molecule has 0 saturated carbocycles. The number of amides is 4. The number of halogens is 3. The minimum Gasteiger partial charge on any atom is -0.366 e. The highest BCUT2D eigenvalue weighted by molar-refractivity contribution is 6.42. The van der Waals surface area contributed by atoms with Crippen LogP contribution in [0.15, 0.2) is 35.9 Å². The fourth-order valence-corrected chi connectivity index (χ4v) is 5.42. The van der Waals surface area contributed by atoms with Crippen LogP contribution in [0.1, 0.15) is 51.2 Å². The largest absolute Gasteiger partial charge is 0.366 e. The molecule has 2 heterocycles. The SMILES string of the molecule is CCN1c2cc(F)c(/C=C3/C(=O)NC(=O)N(c4ccc(Cl)cc4Cl)C3=O)cc2C(C)CC1(C)C. The summed E-state index contributed by atoms with van der Waals surface area (Å²) in [5.74, 6) is -2.23. The third kappa shape index (κ3) is 4.07. The van der Waals surface area contributed by atoms with Crippen LogP contribution in [-0.2, 0) is 9.59 Å². The van der Waals surface area contributed by atoms with E-state index in [1.54, 1.807) is 6.07 Å². The van der Waals surface area contributed by atoms with Gasteiger partial charge in [-0.25, -0.2) is 14.1 Å². The van der Waals surface area contributed by atoms with Crippen molar-refractivity contribution in [3.63, 3.8) is 0 Å². The van der Waals surface area contributed by atoms with E-state index in [0.717, 1.165) is 22.6 Å². The fourth-order valence-electron chi connectivity index (χ4n) is 4.92. The summed E-state index contributed by atoms with van der Waals surface area (Å²) in [6, 6.07) is 6.43. The van der Waals surface area contributed by atoms with Crippen LogP contribution in [0.2, 0.25) is 10.0 Å². The second-order valence-electron chi connectivity index (χ2n) is 9.15. The van der Waals surface area contributed by atoms with E-state index in [9.17, 15) is 14.4 Å². The summed E-state index contributed by atoms with van der Waals surface area (Å²) in [4.78, 5) is 41.1. The number of barbiturate groups is 1. The predicted octanol–water partition coefficient (Wildman–Crippen LogP) is 5.91. The summed E-state index contributed by atoms with van der Waals surface area (Å²) in [6.07, 6.45) is 2.05. The Hall–Kier alpha value is -2.90. The number of nitrogens with one attached hydrogen (secondary N) is 1. The Morgan fingerprint density at radius 3 is 2.50 bits per heavy atom. The van der Waals surface area contributed by atoms with Gasteiger partial charge in [0, 0.05) is 28.4 Å². The smallest absolute Gasteiger partial charge is 0.335 e. The molecule has 0 spiro atoms. The van der Waals surface area contributed by atoms with Crippen molar-refractivity contribution in [2.75, 3.05) is 16.3 Å². The highest BCUT2D eigenvalue weighted by atomic mass is 35.5. The number of nitrogens with zero attached hydrogens (tertiary/aromatic N) is 2. The number of carbonyl (C=O) groups excluding carboxylic acids is 3. The Labute approximate surface area is 207 Å². The summed E-state index contributed by atoms with van der Waals surface area (Å²) < 4.78 is 15.3. The van der Waals surface area contributed by atoms with Crippen LogP contribution in [0.25, 0.3) is 6.08 Å². The summed E-state index contributed by atoms with van der Waals surface area (Å²) in [5, 5.41) is 2.50. The van der Waals surface area contributed by atoms with Gasteiger partial charge in [0.15, 0.2) is 0 Å². The highest BCUT2D eigenvalue weighted by Crippen LogP contribution is 2.44. The molecule has 9 heteroatoms. The van der Waals surface area contributed by atoms with Crippen molar-refractivity contribution in [1.29, 1.82) is 0 Å². The number of hydrogen-bond acceptors (Lipinski definition) is 4. The maximum Gasteiger partial charge on any atom is 0.335 e. The Morgan fingerprint density at radius 1 is 1.15 bits per heavy atom. The molecule has 6 nitrogen and oxygen atoms in total. The Morgan fingerprint density at radius 2 is 1.85 bits per heavy atom. The monoisotopic (exact) mass is 503 g/mol. The van der Waals surface area contributed by atoms with Crippen molar-refractivity contribution in [3.05, 3.63) is 62.9 Å². The summed E-state index contributed by atoms with van der Waals surface area (Å²) in [5.41, 5.74) is 1.39. The number of rotatable bonds is 3. The van der Waals surface area contributed by atoms with Gasteiger partial charge in [0.2, 0.25) is 0 Å². The van der Waals surface area contributed by atoms with Crippen molar-refractivity contribution in [3.8, 4) is 0 Å². The van der Waals surface area contributed by atoms with Gasteiger partial charge in [0.05, 0.1) is 10.7 Å². The van der Waals surface area contributed by atoms with Gasteiger partial charge >= 0.3 is 6.03 Å². The number of imide groups is 2. The van der Waals surface area contributed by atoms with Crippen LogP contribution < -0.4 is 15.1 Å². The first-order valence-electron chi connectivity index (χ1n) is 10.9. The van der Waals surface area contributed by atoms with Crippen molar-refractivity contribution in [1.82, 2.24) is 5.32 Å². The van der Waals surface area contributed by atoms with Gasteiger partial charge in [-0.05, 0) is 75.1 Å². The van der Waals surface area contributed by atoms with Gasteiger partial charge in [0.1, 0.15) is 11.4 Å². The van der Waals surface area contributed by atoms with Crippen molar-refractivity contribution in [2.45, 2.75) is 45.6 Å². The molecular formula is C25H24Cl2FN3O3. The molecule has 0 radical (unpaired) electrons. The second kappa shape index (κ2) is 8.71. The topological polar surface area (TPSA) is 69.7 Å². The Balaban J connectivity index is 1.79. The molecule has 0 aromatic heterocycles. The standard InChI is InChI=1S/C25H24Cl2FN3O3/c1-5-30-21-11-19(28)14(8-16(21)13(2)12-25(30,3)4)9-17-22(32)29-24(34)31(23(17)33)20-7-6-15(26)10-18(20)27/h6-11,13H,5,12H2,1-4H3,(H,29,32,34)/b17-9-. The molecule has 4 rings (SSSR count). The van der Waals surface area contributed by atoms with E-state index >= 15 is 4.39 Å². The minimum atomic E-state index is -0.947. The molecular weight excluding hydrogens is 480 g/mol. The lowest BCUT2D eigenvalue weighted by atomic mass is 9.79. The first-order valence-corrected chi connectivity index (χ1v) is 11.7. The molecule has 1 atom stereocenters. The van der Waals surface area contributed by atoms with Crippen LogP contribution in [0.4, 0.5) is 20.6 Å². The maximum absolute atomic E-state index is 15.3. The molecule has 1 fully saturated rings. The summed E-state index contributed by atoms with van der Waals surface area (Å²) in [7, 11) is 0. The number of fused-ring (bicyclic) bond motifs is 1. The fraction of sp³-hybridized carbons (Fsp3) is 0.320. The van der Waals surface area contributed by atoms with E-state index in [-0.39, 0.29) is 33.3 Å². The summed E-state index contributed by atoms with van der Waals surface area (Å²) >= 11 is 12.1. The lowest BCUT2D eigenvalue weighted by molar-refractivity contribution is -0.122. The molecule has 2 aromatic rings. The summed E-state index contributed by atoms with van der Waals surface area (Å²) in [6.45, 7) is 9.06. The minimum absolute atomic E-state index is 0.0563. The molecule has 2 aliphatic heterocycles. The van der Waals surface area contributed by atoms with Crippen molar-refractivity contribution in [2.24, 2.45) is 0 Å². The number of carbonyl (C=O) groups is 3. The predicted molar refractivity (Wildman–Crippen MR) is 132 cm³/mol. The molecule has 1 unspecified atom stereocenters. The van der Waals surface area contributed by atoms with Crippen LogP contribution in [0, 0.1) is 5.82 Å². The van der Waals surface area contributed by atoms with Crippen molar-refractivity contribution < 1.29 is 18.8 Å². The van der Waals surface area contributed by atoms with Gasteiger partial charge in [0.25, 0.3) is 11.8 Å². The van der Waals surface area contributed by atoms with E-state index < -0.39 is 23.7 Å². The Bertz CT molecular complexity index is 1260. The molecule has 1 saturated heterocycles. The lowest BCUT2D eigenvalue weighted by Gasteiger charge is -2.47. The average Bonchev–Trinajstić information content (AvgIpc) is 2.72. The lowest BCUT2D eigenvalue weighted by Crippen LogP contribution is -2.54. The number of benzene rings is 2. The number of urea groups is 1. The second-order valence-corrected chi connectivity index (χ2v) is 9.99. The molecule has 2 aromatic carbocycles. The van der Waals surface area contributed by atoms with E-state index in [0.29, 0.717) is 11.6 Å². The zero-order valence-corrected chi connectivity index (χ0v) is 20.7. The molecule has 4 amide bonds. The van der Waals surface area contributed by atoms with Gasteiger partial charge in [-0.3, -0.25) is 14.9 Å². The molecule has 1 N–H and O–H groups in total. The van der Waals surface area contributed by atoms with E-state index in [1.165, 1.54) is 30.3 Å². The highest BCUT2D eigenvalue weighted by Gasteiger charge is 2.39. The third-order valence-corrected chi connectivity index (χ3v) is 6.91. The van der Waals surface area contributed by atoms with Gasteiger partial charge in [-0.1, -0.05) is 30.1 Å². The first-order chi connectivity index (χ1) is 15.9. The quantitative estimate of drug-likeness (QED) is 0.417. The first kappa shape index (κ1) is 24.2. The number of anilines is 2. The molecule has 0 bridgehead atoms. The third-order valence-electron chi connectivity index (χ3n) is 6.37.